The van der Waals surface area contributed by atoms with E-state index >= 15 is 0 Å². The van der Waals surface area contributed by atoms with Gasteiger partial charge >= 0.3 is 0 Å². The zero-order valence-electron chi connectivity index (χ0n) is 18.1. The molecule has 6 heteroatoms. The van der Waals surface area contributed by atoms with Gasteiger partial charge in [-0.25, -0.2) is 4.68 Å². The summed E-state index contributed by atoms with van der Waals surface area (Å²) in [4.78, 5) is 20.0. The van der Waals surface area contributed by atoms with Crippen LogP contribution in [0.1, 0.15) is 45.6 Å². The molecule has 0 saturated heterocycles. The number of nitrogens with zero attached hydrogens (tertiary/aromatic N) is 4. The Morgan fingerprint density at radius 2 is 1.56 bits per heavy atom. The van der Waals surface area contributed by atoms with Gasteiger partial charge in [0.1, 0.15) is 12.1 Å². The highest BCUT2D eigenvalue weighted by atomic mass is 16.5. The predicted molar refractivity (Wildman–Crippen MR) is 123 cm³/mol. The molecule has 4 aromatic rings. The van der Waals surface area contributed by atoms with Crippen molar-refractivity contribution in [2.45, 2.75) is 25.4 Å². The molecule has 2 atom stereocenters. The zero-order valence-corrected chi connectivity index (χ0v) is 18.1. The van der Waals surface area contributed by atoms with E-state index in [9.17, 15) is 4.79 Å². The molecule has 0 unspecified atom stereocenters. The molecule has 3 aromatic carbocycles. The van der Waals surface area contributed by atoms with Gasteiger partial charge in [-0.05, 0) is 48.7 Å². The average molecular weight is 425 g/mol. The summed E-state index contributed by atoms with van der Waals surface area (Å²) < 4.78 is 7.18. The van der Waals surface area contributed by atoms with Crippen LogP contribution in [-0.4, -0.2) is 27.8 Å². The van der Waals surface area contributed by atoms with Gasteiger partial charge < -0.3 is 4.74 Å². The van der Waals surface area contributed by atoms with Crippen LogP contribution in [0.2, 0.25) is 0 Å². The Morgan fingerprint density at radius 3 is 2.25 bits per heavy atom. The van der Waals surface area contributed by atoms with Crippen molar-refractivity contribution in [2.75, 3.05) is 12.0 Å². The van der Waals surface area contributed by atoms with Gasteiger partial charge in [-0.2, -0.15) is 10.1 Å². The number of aromatic nitrogens is 3. The SMILES string of the molecule is COc1ccc([C@@H]2C[C@@H](c3ccc(C)cc3)N(C(=O)c3ccccc3)c3ncnn32)cc1. The van der Waals surface area contributed by atoms with Gasteiger partial charge in [0.2, 0.25) is 5.95 Å². The number of fused-ring (bicyclic) bond motifs is 1. The van der Waals surface area contributed by atoms with Gasteiger partial charge in [0, 0.05) is 5.56 Å². The van der Waals surface area contributed by atoms with E-state index < -0.39 is 0 Å². The fraction of sp³-hybridized carbons (Fsp3) is 0.192. The number of methoxy groups -OCH3 is 1. The predicted octanol–water partition coefficient (Wildman–Crippen LogP) is 4.98. The minimum Gasteiger partial charge on any atom is -0.497 e. The molecule has 1 aliphatic heterocycles. The van der Waals surface area contributed by atoms with Crippen LogP contribution in [0.5, 0.6) is 5.75 Å². The number of rotatable bonds is 4. The highest BCUT2D eigenvalue weighted by Gasteiger charge is 2.39. The van der Waals surface area contributed by atoms with Crippen LogP contribution >= 0.6 is 0 Å². The lowest BCUT2D eigenvalue weighted by molar-refractivity contribution is 0.0963. The number of hydrogen-bond acceptors (Lipinski definition) is 4. The maximum Gasteiger partial charge on any atom is 0.261 e. The number of amides is 1. The quantitative estimate of drug-likeness (QED) is 0.464. The molecule has 0 fully saturated rings. The molecule has 1 aliphatic rings. The Hall–Kier alpha value is -3.93. The van der Waals surface area contributed by atoms with Crippen LogP contribution in [0.4, 0.5) is 5.95 Å². The minimum absolute atomic E-state index is 0.0514. The van der Waals surface area contributed by atoms with E-state index in [0.29, 0.717) is 17.9 Å². The minimum atomic E-state index is -0.174. The van der Waals surface area contributed by atoms with Crippen LogP contribution in [0.3, 0.4) is 0 Å². The lowest BCUT2D eigenvalue weighted by atomic mass is 9.91. The van der Waals surface area contributed by atoms with E-state index in [1.165, 1.54) is 11.9 Å². The zero-order chi connectivity index (χ0) is 22.1. The number of carbonyl (C=O) groups excluding carboxylic acids is 1. The molecular formula is C26H24N4O2. The summed E-state index contributed by atoms with van der Waals surface area (Å²) >= 11 is 0. The van der Waals surface area contributed by atoms with E-state index in [0.717, 1.165) is 16.9 Å². The second kappa shape index (κ2) is 8.30. The summed E-state index contributed by atoms with van der Waals surface area (Å²) in [5, 5.41) is 4.51. The Bertz CT molecular complexity index is 1220. The molecule has 0 bridgehead atoms. The van der Waals surface area contributed by atoms with E-state index in [1.807, 2.05) is 47.1 Å². The Kier molecular flexibility index (Phi) is 5.19. The van der Waals surface area contributed by atoms with Crippen LogP contribution in [0.25, 0.3) is 0 Å². The first kappa shape index (κ1) is 20.0. The number of ether oxygens (including phenoxy) is 1. The smallest absolute Gasteiger partial charge is 0.261 e. The summed E-state index contributed by atoms with van der Waals surface area (Å²) in [6.45, 7) is 2.06. The summed E-state index contributed by atoms with van der Waals surface area (Å²) in [7, 11) is 1.66. The van der Waals surface area contributed by atoms with E-state index in [1.54, 1.807) is 12.0 Å². The van der Waals surface area contributed by atoms with Gasteiger partial charge in [0.25, 0.3) is 5.91 Å². The standard InChI is InChI=1S/C26H24N4O2/c1-18-8-10-19(11-9-18)23-16-24(20-12-14-22(32-2)15-13-20)30-26(27-17-28-30)29(23)25(31)21-6-4-3-5-7-21/h3-15,17,23-24H,16H2,1-2H3/t23-,24-/m0/s1. The fourth-order valence-corrected chi connectivity index (χ4v) is 4.32. The number of benzene rings is 3. The van der Waals surface area contributed by atoms with Gasteiger partial charge in [0.05, 0.1) is 19.2 Å². The van der Waals surface area contributed by atoms with Crippen molar-refractivity contribution in [3.8, 4) is 5.75 Å². The molecule has 2 heterocycles. The molecule has 0 aliphatic carbocycles. The van der Waals surface area contributed by atoms with Crippen molar-refractivity contribution in [1.82, 2.24) is 14.8 Å². The Balaban J connectivity index is 1.63. The number of aryl methyl sites for hydroxylation is 1. The average Bonchev–Trinajstić information content (AvgIpc) is 3.33. The van der Waals surface area contributed by atoms with Crippen molar-refractivity contribution >= 4 is 11.9 Å². The monoisotopic (exact) mass is 424 g/mol. The van der Waals surface area contributed by atoms with Crippen LogP contribution in [0.15, 0.2) is 85.2 Å². The maximum absolute atomic E-state index is 13.7. The Labute approximate surface area is 187 Å². The van der Waals surface area contributed by atoms with Crippen molar-refractivity contribution < 1.29 is 9.53 Å². The second-order valence-corrected chi connectivity index (χ2v) is 8.00. The lowest BCUT2D eigenvalue weighted by Crippen LogP contribution is -2.42. The third kappa shape index (κ3) is 3.54. The maximum atomic E-state index is 13.7. The molecule has 1 amide bonds. The molecular weight excluding hydrogens is 400 g/mol. The first-order chi connectivity index (χ1) is 15.7. The molecule has 0 saturated carbocycles. The topological polar surface area (TPSA) is 60.2 Å². The first-order valence-electron chi connectivity index (χ1n) is 10.6. The van der Waals surface area contributed by atoms with Crippen molar-refractivity contribution in [1.29, 1.82) is 0 Å². The van der Waals surface area contributed by atoms with Crippen LogP contribution in [0, 0.1) is 6.92 Å². The van der Waals surface area contributed by atoms with Gasteiger partial charge in [-0.15, -0.1) is 0 Å². The highest BCUT2D eigenvalue weighted by Crippen LogP contribution is 2.42. The molecule has 32 heavy (non-hydrogen) atoms. The van der Waals surface area contributed by atoms with Crippen molar-refractivity contribution in [3.05, 3.63) is 107 Å². The molecule has 160 valence electrons. The molecule has 1 aromatic heterocycles. The van der Waals surface area contributed by atoms with Gasteiger partial charge in [-0.3, -0.25) is 9.69 Å². The normalized spacial score (nSPS) is 17.6. The van der Waals surface area contributed by atoms with Crippen molar-refractivity contribution in [3.63, 3.8) is 0 Å². The lowest BCUT2D eigenvalue weighted by Gasteiger charge is -2.39. The highest BCUT2D eigenvalue weighted by molar-refractivity contribution is 6.05. The summed E-state index contributed by atoms with van der Waals surface area (Å²) in [6, 6.07) is 25.5. The number of carbonyl (C=O) groups is 1. The summed E-state index contributed by atoms with van der Waals surface area (Å²) in [5.41, 5.74) is 3.98. The fourth-order valence-electron chi connectivity index (χ4n) is 4.32. The summed E-state index contributed by atoms with van der Waals surface area (Å²) in [6.07, 6.45) is 2.21. The van der Waals surface area contributed by atoms with Crippen LogP contribution in [-0.2, 0) is 0 Å². The number of anilines is 1. The summed E-state index contributed by atoms with van der Waals surface area (Å²) in [5.74, 6) is 1.27. The third-order valence-electron chi connectivity index (χ3n) is 6.03. The first-order valence-corrected chi connectivity index (χ1v) is 10.6. The molecule has 0 radical (unpaired) electrons. The number of hydrogen-bond donors (Lipinski definition) is 0. The molecule has 5 rings (SSSR count). The van der Waals surface area contributed by atoms with Crippen LogP contribution < -0.4 is 9.64 Å². The molecule has 0 spiro atoms. The second-order valence-electron chi connectivity index (χ2n) is 8.00. The molecule has 0 N–H and O–H groups in total. The van der Waals surface area contributed by atoms with Gasteiger partial charge in [0.15, 0.2) is 0 Å². The van der Waals surface area contributed by atoms with Gasteiger partial charge in [-0.1, -0.05) is 60.2 Å². The Morgan fingerprint density at radius 1 is 0.906 bits per heavy atom. The van der Waals surface area contributed by atoms with E-state index in [-0.39, 0.29) is 18.0 Å². The largest absolute Gasteiger partial charge is 0.497 e. The third-order valence-corrected chi connectivity index (χ3v) is 6.03. The van der Waals surface area contributed by atoms with E-state index in [2.05, 4.69) is 53.4 Å². The van der Waals surface area contributed by atoms with E-state index in [4.69, 9.17) is 4.74 Å². The molecule has 6 nitrogen and oxygen atoms in total. The van der Waals surface area contributed by atoms with Crippen molar-refractivity contribution in [2.24, 2.45) is 0 Å².